The summed E-state index contributed by atoms with van der Waals surface area (Å²) in [5.74, 6) is -0.133. The van der Waals surface area contributed by atoms with Crippen molar-refractivity contribution in [2.45, 2.75) is 39.2 Å². The highest BCUT2D eigenvalue weighted by atomic mass is 35.5. The van der Waals surface area contributed by atoms with Crippen molar-refractivity contribution in [2.24, 2.45) is 0 Å². The Morgan fingerprint density at radius 1 is 1.04 bits per heavy atom. The van der Waals surface area contributed by atoms with Crippen LogP contribution in [0.5, 0.6) is 0 Å². The average Bonchev–Trinajstić information content (AvgIpc) is 2.66. The van der Waals surface area contributed by atoms with Crippen molar-refractivity contribution in [3.05, 3.63) is 64.7 Å². The first kappa shape index (κ1) is 20.9. The molecule has 5 nitrogen and oxygen atoms in total. The number of rotatable bonds is 10. The zero-order chi connectivity index (χ0) is 19.6. The largest absolute Gasteiger partial charge is 0.399 e. The quantitative estimate of drug-likeness (QED) is 0.489. The Morgan fingerprint density at radius 3 is 2.44 bits per heavy atom. The number of amides is 1. The first-order chi connectivity index (χ1) is 13.0. The number of ketones is 1. The number of hydrogen-bond donors (Lipinski definition) is 1. The smallest absolute Gasteiger partial charge is 0.246 e. The van der Waals surface area contributed by atoms with E-state index in [0.717, 1.165) is 11.1 Å². The van der Waals surface area contributed by atoms with Gasteiger partial charge in [0.15, 0.2) is 0 Å². The van der Waals surface area contributed by atoms with Crippen LogP contribution in [-0.4, -0.2) is 23.3 Å². The van der Waals surface area contributed by atoms with Crippen molar-refractivity contribution in [1.29, 1.82) is 0 Å². The summed E-state index contributed by atoms with van der Waals surface area (Å²) in [5, 5.41) is 1.92. The van der Waals surface area contributed by atoms with Crippen LogP contribution in [-0.2, 0) is 27.5 Å². The number of nitrogens with two attached hydrogens (primary N) is 1. The molecule has 27 heavy (non-hydrogen) atoms. The van der Waals surface area contributed by atoms with Crippen LogP contribution >= 0.6 is 11.6 Å². The van der Waals surface area contributed by atoms with Crippen molar-refractivity contribution in [3.63, 3.8) is 0 Å². The lowest BCUT2D eigenvalue weighted by molar-refractivity contribution is -0.190. The summed E-state index contributed by atoms with van der Waals surface area (Å²) < 4.78 is 0. The minimum absolute atomic E-state index is 0.0612. The van der Waals surface area contributed by atoms with E-state index in [2.05, 4.69) is 0 Å². The lowest BCUT2D eigenvalue weighted by atomic mass is 10.0. The van der Waals surface area contributed by atoms with Crippen molar-refractivity contribution in [2.75, 3.05) is 12.3 Å². The Labute approximate surface area is 165 Å². The Kier molecular flexibility index (Phi) is 8.30. The maximum Gasteiger partial charge on any atom is 0.246 e. The number of hydroxylamine groups is 2. The Hall–Kier alpha value is -2.37. The molecule has 0 unspecified atom stereocenters. The minimum atomic E-state index is -0.194. The zero-order valence-electron chi connectivity index (χ0n) is 15.5. The number of Topliss-reactive ketones (excluding diaryl/α,β-unsaturated/α-hetero) is 1. The first-order valence-corrected chi connectivity index (χ1v) is 9.39. The van der Waals surface area contributed by atoms with E-state index in [4.69, 9.17) is 22.2 Å². The number of anilines is 1. The monoisotopic (exact) mass is 388 g/mol. The van der Waals surface area contributed by atoms with Crippen LogP contribution in [0.25, 0.3) is 0 Å². The molecular weight excluding hydrogens is 364 g/mol. The van der Waals surface area contributed by atoms with Gasteiger partial charge in [0.2, 0.25) is 5.91 Å². The normalized spacial score (nSPS) is 10.6. The Balaban J connectivity index is 1.73. The summed E-state index contributed by atoms with van der Waals surface area (Å²) in [6.07, 6.45) is 1.41. The second kappa shape index (κ2) is 10.7. The van der Waals surface area contributed by atoms with Gasteiger partial charge in [0.1, 0.15) is 12.4 Å². The van der Waals surface area contributed by atoms with Gasteiger partial charge in [0.25, 0.3) is 0 Å². The van der Waals surface area contributed by atoms with Gasteiger partial charge in [-0.05, 0) is 48.7 Å². The van der Waals surface area contributed by atoms with E-state index in [-0.39, 0.29) is 31.1 Å². The molecule has 2 N–H and O–H groups in total. The maximum absolute atomic E-state index is 12.3. The Bertz CT molecular complexity index is 762. The molecule has 0 radical (unpaired) electrons. The number of carbonyl (C=O) groups excluding carboxylic acids is 2. The fraction of sp³-hybridized carbons (Fsp3) is 0.333. The molecule has 0 bridgehead atoms. The molecule has 0 heterocycles. The van der Waals surface area contributed by atoms with Crippen LogP contribution in [0.15, 0.2) is 48.5 Å². The van der Waals surface area contributed by atoms with E-state index < -0.39 is 0 Å². The van der Waals surface area contributed by atoms with E-state index in [1.54, 1.807) is 12.1 Å². The van der Waals surface area contributed by atoms with E-state index in [0.29, 0.717) is 30.1 Å². The van der Waals surface area contributed by atoms with E-state index in [1.165, 1.54) is 5.06 Å². The van der Waals surface area contributed by atoms with Gasteiger partial charge in [0.05, 0.1) is 0 Å². The average molecular weight is 389 g/mol. The lowest BCUT2D eigenvalue weighted by Gasteiger charge is -2.20. The van der Waals surface area contributed by atoms with Crippen LogP contribution in [0.1, 0.15) is 37.3 Å². The zero-order valence-corrected chi connectivity index (χ0v) is 16.2. The molecule has 0 aromatic heterocycles. The number of nitrogens with zero attached hydrogens (tertiary/aromatic N) is 1. The summed E-state index contributed by atoms with van der Waals surface area (Å²) in [4.78, 5) is 29.9. The van der Waals surface area contributed by atoms with Gasteiger partial charge >= 0.3 is 0 Å². The Morgan fingerprint density at radius 2 is 1.78 bits per heavy atom. The van der Waals surface area contributed by atoms with Crippen molar-refractivity contribution >= 4 is 29.0 Å². The van der Waals surface area contributed by atoms with E-state index in [9.17, 15) is 9.59 Å². The van der Waals surface area contributed by atoms with Gasteiger partial charge in [-0.3, -0.25) is 14.4 Å². The molecule has 2 aromatic rings. The lowest BCUT2D eigenvalue weighted by Crippen LogP contribution is -2.31. The minimum Gasteiger partial charge on any atom is -0.399 e. The van der Waals surface area contributed by atoms with Crippen LogP contribution in [0.3, 0.4) is 0 Å². The third kappa shape index (κ3) is 7.41. The number of nitrogen functional groups attached to an aromatic ring is 1. The summed E-state index contributed by atoms with van der Waals surface area (Å²) in [5.41, 5.74) is 8.29. The summed E-state index contributed by atoms with van der Waals surface area (Å²) in [6, 6.07) is 14.8. The second-order valence-electron chi connectivity index (χ2n) is 6.27. The molecular formula is C21H25ClN2O3. The third-order valence-electron chi connectivity index (χ3n) is 4.13. The second-order valence-corrected chi connectivity index (χ2v) is 6.71. The van der Waals surface area contributed by atoms with Crippen molar-refractivity contribution < 1.29 is 14.4 Å². The number of carbonyl (C=O) groups is 2. The van der Waals surface area contributed by atoms with Gasteiger partial charge in [-0.15, -0.1) is 0 Å². The molecule has 0 aliphatic rings. The predicted molar refractivity (Wildman–Crippen MR) is 107 cm³/mol. The van der Waals surface area contributed by atoms with Gasteiger partial charge in [0, 0.05) is 36.5 Å². The molecule has 0 fully saturated rings. The number of aryl methyl sites for hydroxylation is 1. The maximum atomic E-state index is 12.3. The van der Waals surface area contributed by atoms with E-state index in [1.807, 2.05) is 43.3 Å². The number of halogens is 1. The van der Waals surface area contributed by atoms with Gasteiger partial charge in [-0.1, -0.05) is 35.9 Å². The molecule has 0 aliphatic heterocycles. The molecule has 2 rings (SSSR count). The number of hydrogen-bond acceptors (Lipinski definition) is 4. The fourth-order valence-electron chi connectivity index (χ4n) is 2.58. The SMILES string of the molecule is CCN(OCc1cccc(Cl)c1)C(=O)CCC(=O)CCc1ccc(N)cc1. The van der Waals surface area contributed by atoms with Crippen LogP contribution < -0.4 is 5.73 Å². The molecule has 0 spiro atoms. The molecule has 6 heteroatoms. The molecule has 0 atom stereocenters. The third-order valence-corrected chi connectivity index (χ3v) is 4.37. The molecule has 0 aliphatic carbocycles. The first-order valence-electron chi connectivity index (χ1n) is 9.01. The molecule has 144 valence electrons. The topological polar surface area (TPSA) is 72.6 Å². The van der Waals surface area contributed by atoms with Gasteiger partial charge in [-0.2, -0.15) is 0 Å². The summed E-state index contributed by atoms with van der Waals surface area (Å²) >= 11 is 5.94. The standard InChI is InChI=1S/C21H25ClN2O3/c1-2-24(27-15-17-4-3-5-18(22)14-17)21(26)13-12-20(25)11-8-16-6-9-19(23)10-7-16/h3-7,9-10,14H,2,8,11-13,15,23H2,1H3. The van der Waals surface area contributed by atoms with Crippen molar-refractivity contribution in [1.82, 2.24) is 5.06 Å². The van der Waals surface area contributed by atoms with E-state index >= 15 is 0 Å². The van der Waals surface area contributed by atoms with Gasteiger partial charge in [-0.25, -0.2) is 5.06 Å². The highest BCUT2D eigenvalue weighted by Gasteiger charge is 2.15. The van der Waals surface area contributed by atoms with Gasteiger partial charge < -0.3 is 5.73 Å². The summed E-state index contributed by atoms with van der Waals surface area (Å²) in [6.45, 7) is 2.50. The molecule has 1 amide bonds. The summed E-state index contributed by atoms with van der Waals surface area (Å²) in [7, 11) is 0. The number of benzene rings is 2. The van der Waals surface area contributed by atoms with Crippen molar-refractivity contribution in [3.8, 4) is 0 Å². The highest BCUT2D eigenvalue weighted by molar-refractivity contribution is 6.30. The fourth-order valence-corrected chi connectivity index (χ4v) is 2.80. The predicted octanol–water partition coefficient (Wildman–Crippen LogP) is 4.18. The molecule has 2 aromatic carbocycles. The van der Waals surface area contributed by atoms with Crippen LogP contribution in [0, 0.1) is 0 Å². The molecule has 0 saturated carbocycles. The van der Waals surface area contributed by atoms with Crippen LogP contribution in [0.4, 0.5) is 5.69 Å². The van der Waals surface area contributed by atoms with Crippen LogP contribution in [0.2, 0.25) is 5.02 Å². The molecule has 0 saturated heterocycles. The highest BCUT2D eigenvalue weighted by Crippen LogP contribution is 2.13.